The zero-order chi connectivity index (χ0) is 8.69. The molecule has 0 aromatic carbocycles. The zero-order valence-corrected chi connectivity index (χ0v) is 7.23. The molecule has 0 aromatic rings. The molecule has 0 amide bonds. The fourth-order valence-electron chi connectivity index (χ4n) is 0.794. The summed E-state index contributed by atoms with van der Waals surface area (Å²) in [4.78, 5) is 0. The Labute approximate surface area is 68.1 Å². The normalized spacial score (nSPS) is 12.5. The van der Waals surface area contributed by atoms with Crippen LogP contribution in [0.5, 0.6) is 0 Å². The molecule has 0 unspecified atom stereocenters. The molecule has 11 heavy (non-hydrogen) atoms. The van der Waals surface area contributed by atoms with Crippen LogP contribution in [0.15, 0.2) is 36.2 Å². The van der Waals surface area contributed by atoms with E-state index in [9.17, 15) is 4.39 Å². The quantitative estimate of drug-likeness (QED) is 0.541. The Balaban J connectivity index is 3.80. The molecule has 0 radical (unpaired) electrons. The lowest BCUT2D eigenvalue weighted by molar-refractivity contribution is 0.671. The molecule has 62 valence electrons. The molecular weight excluding hydrogens is 139 g/mol. The fourth-order valence-corrected chi connectivity index (χ4v) is 0.794. The largest absolute Gasteiger partial charge is 0.208 e. The van der Waals surface area contributed by atoms with Gasteiger partial charge >= 0.3 is 0 Å². The third-order valence-electron chi connectivity index (χ3n) is 1.30. The average Bonchev–Trinajstić information content (AvgIpc) is 1.87. The van der Waals surface area contributed by atoms with Gasteiger partial charge in [-0.2, -0.15) is 0 Å². The van der Waals surface area contributed by atoms with Gasteiger partial charge in [0.25, 0.3) is 0 Å². The molecule has 0 aliphatic heterocycles. The zero-order valence-electron chi connectivity index (χ0n) is 7.23. The smallest absolute Gasteiger partial charge is 0.116 e. The first kappa shape index (κ1) is 10.2. The van der Waals surface area contributed by atoms with Crippen molar-refractivity contribution in [3.05, 3.63) is 36.2 Å². The summed E-state index contributed by atoms with van der Waals surface area (Å²) in [5.74, 6) is -0.398. The summed E-state index contributed by atoms with van der Waals surface area (Å²) in [5.41, 5.74) is 1.27. The average molecular weight is 154 g/mol. The summed E-state index contributed by atoms with van der Waals surface area (Å²) in [5, 5.41) is 0. The minimum atomic E-state index is -0.398. The Morgan fingerprint density at radius 3 is 2.64 bits per heavy atom. The summed E-state index contributed by atoms with van der Waals surface area (Å²) in [6.45, 7) is 7.27. The molecule has 0 rings (SSSR count). The van der Waals surface area contributed by atoms with Gasteiger partial charge in [0.1, 0.15) is 5.83 Å². The van der Waals surface area contributed by atoms with Crippen molar-refractivity contribution in [1.29, 1.82) is 0 Å². The Morgan fingerprint density at radius 2 is 2.18 bits per heavy atom. The summed E-state index contributed by atoms with van der Waals surface area (Å²) < 4.78 is 12.0. The predicted molar refractivity (Wildman–Crippen MR) is 48.1 cm³/mol. The molecule has 0 spiro atoms. The fraction of sp³-hybridized carbons (Fsp3) is 0.400. The molecule has 0 saturated carbocycles. The molecule has 1 heteroatoms. The summed E-state index contributed by atoms with van der Waals surface area (Å²) >= 11 is 0. The lowest BCUT2D eigenvalue weighted by atomic mass is 10.1. The molecule has 0 bridgehead atoms. The minimum Gasteiger partial charge on any atom is -0.208 e. The lowest BCUT2D eigenvalue weighted by Crippen LogP contribution is -1.72. The topological polar surface area (TPSA) is 0 Å². The molecule has 0 nitrogen and oxygen atoms in total. The van der Waals surface area contributed by atoms with Crippen LogP contribution in [-0.4, -0.2) is 0 Å². The molecule has 0 aliphatic carbocycles. The van der Waals surface area contributed by atoms with E-state index in [-0.39, 0.29) is 0 Å². The number of allylic oxidation sites excluding steroid dienone is 5. The van der Waals surface area contributed by atoms with Crippen molar-refractivity contribution in [3.63, 3.8) is 0 Å². The Hall–Kier alpha value is -0.850. The summed E-state index contributed by atoms with van der Waals surface area (Å²) in [6, 6.07) is 0. The maximum absolute atomic E-state index is 12.0. The number of hydrogen-bond acceptors (Lipinski definition) is 0. The van der Waals surface area contributed by atoms with E-state index in [2.05, 4.69) is 13.5 Å². The van der Waals surface area contributed by atoms with Crippen LogP contribution in [0.25, 0.3) is 0 Å². The SMILES string of the molecule is C=C(F)/C=C\C=C(/C)CCC. The predicted octanol–water partition coefficient (Wildman–Crippen LogP) is 3.77. The first-order chi connectivity index (χ1) is 5.16. The van der Waals surface area contributed by atoms with Crippen LogP contribution >= 0.6 is 0 Å². The van der Waals surface area contributed by atoms with Crippen molar-refractivity contribution in [2.75, 3.05) is 0 Å². The van der Waals surface area contributed by atoms with E-state index < -0.39 is 5.83 Å². The number of halogens is 1. The van der Waals surface area contributed by atoms with Gasteiger partial charge in [-0.05, 0) is 19.4 Å². The van der Waals surface area contributed by atoms with E-state index in [1.54, 1.807) is 6.08 Å². The molecule has 0 saturated heterocycles. The monoisotopic (exact) mass is 154 g/mol. The van der Waals surface area contributed by atoms with Gasteiger partial charge < -0.3 is 0 Å². The van der Waals surface area contributed by atoms with Gasteiger partial charge in [-0.25, -0.2) is 4.39 Å². The van der Waals surface area contributed by atoms with Gasteiger partial charge in [-0.3, -0.25) is 0 Å². The van der Waals surface area contributed by atoms with Gasteiger partial charge in [0.05, 0.1) is 0 Å². The van der Waals surface area contributed by atoms with Crippen molar-refractivity contribution >= 4 is 0 Å². The van der Waals surface area contributed by atoms with Crippen molar-refractivity contribution < 1.29 is 4.39 Å². The highest BCUT2D eigenvalue weighted by molar-refractivity contribution is 5.16. The summed E-state index contributed by atoms with van der Waals surface area (Å²) in [6.07, 6.45) is 7.16. The van der Waals surface area contributed by atoms with Gasteiger partial charge in [0, 0.05) is 0 Å². The van der Waals surface area contributed by atoms with E-state index in [0.29, 0.717) is 0 Å². The molecule has 0 heterocycles. The standard InChI is InChI=1S/C10H15F/c1-4-6-9(2)7-5-8-10(3)11/h5,7-8H,3-4,6H2,1-2H3/b8-5-,9-7+. The van der Waals surface area contributed by atoms with Gasteiger partial charge in [0.2, 0.25) is 0 Å². The van der Waals surface area contributed by atoms with Gasteiger partial charge in [-0.1, -0.05) is 37.6 Å². The Bertz CT molecular complexity index is 175. The van der Waals surface area contributed by atoms with Crippen molar-refractivity contribution in [3.8, 4) is 0 Å². The van der Waals surface area contributed by atoms with Crippen LogP contribution in [-0.2, 0) is 0 Å². The van der Waals surface area contributed by atoms with Crippen LogP contribution < -0.4 is 0 Å². The Morgan fingerprint density at radius 1 is 1.55 bits per heavy atom. The van der Waals surface area contributed by atoms with Crippen LogP contribution in [0.1, 0.15) is 26.7 Å². The van der Waals surface area contributed by atoms with E-state index >= 15 is 0 Å². The van der Waals surface area contributed by atoms with Crippen molar-refractivity contribution in [1.82, 2.24) is 0 Å². The van der Waals surface area contributed by atoms with Crippen LogP contribution in [0.4, 0.5) is 4.39 Å². The first-order valence-electron chi connectivity index (χ1n) is 3.85. The highest BCUT2D eigenvalue weighted by atomic mass is 19.1. The molecule has 0 fully saturated rings. The minimum absolute atomic E-state index is 0.398. The molecule has 0 atom stereocenters. The van der Waals surface area contributed by atoms with Crippen molar-refractivity contribution in [2.24, 2.45) is 0 Å². The van der Waals surface area contributed by atoms with E-state index in [1.165, 1.54) is 11.6 Å². The summed E-state index contributed by atoms with van der Waals surface area (Å²) in [7, 11) is 0. The molecule has 0 aliphatic rings. The van der Waals surface area contributed by atoms with Crippen LogP contribution in [0.3, 0.4) is 0 Å². The maximum atomic E-state index is 12.0. The third kappa shape index (κ3) is 7.04. The van der Waals surface area contributed by atoms with Crippen LogP contribution in [0, 0.1) is 0 Å². The second-order valence-corrected chi connectivity index (χ2v) is 2.57. The highest BCUT2D eigenvalue weighted by Crippen LogP contribution is 2.03. The number of rotatable bonds is 4. The molecule has 0 N–H and O–H groups in total. The van der Waals surface area contributed by atoms with E-state index in [0.717, 1.165) is 12.8 Å². The van der Waals surface area contributed by atoms with E-state index in [4.69, 9.17) is 0 Å². The second-order valence-electron chi connectivity index (χ2n) is 2.57. The second kappa shape index (κ2) is 5.90. The van der Waals surface area contributed by atoms with Gasteiger partial charge in [0.15, 0.2) is 0 Å². The third-order valence-corrected chi connectivity index (χ3v) is 1.30. The number of hydrogen-bond donors (Lipinski definition) is 0. The highest BCUT2D eigenvalue weighted by Gasteiger charge is 1.83. The Kier molecular flexibility index (Phi) is 5.44. The molecule has 0 aromatic heterocycles. The lowest BCUT2D eigenvalue weighted by Gasteiger charge is -1.92. The van der Waals surface area contributed by atoms with Crippen molar-refractivity contribution in [2.45, 2.75) is 26.7 Å². The first-order valence-corrected chi connectivity index (χ1v) is 3.85. The maximum Gasteiger partial charge on any atom is 0.116 e. The van der Waals surface area contributed by atoms with Crippen LogP contribution in [0.2, 0.25) is 0 Å². The van der Waals surface area contributed by atoms with E-state index in [1.807, 2.05) is 13.0 Å². The molecular formula is C10H15F. The van der Waals surface area contributed by atoms with Gasteiger partial charge in [-0.15, -0.1) is 0 Å².